The smallest absolute Gasteiger partial charge is 0.354 e. The minimum absolute atomic E-state index is 0.0352. The number of hydrogen-bond donors (Lipinski definition) is 1. The molecule has 1 N–H and O–H groups in total. The van der Waals surface area contributed by atoms with E-state index < -0.39 is 11.9 Å². The third-order valence-electron chi connectivity index (χ3n) is 3.57. The molecule has 7 heteroatoms. The standard InChI is InChI=1S/C17H19FN2O4/c1-3-24-17(23)15(11-16(21)22)19(2)8-9-20-7-6-12-4-5-13(18)10-14(12)20/h4-7,10-11H,3,8-9H2,1-2H3,(H,21,22)/b15-11-. The van der Waals surface area contributed by atoms with E-state index in [0.717, 1.165) is 17.0 Å². The van der Waals surface area contributed by atoms with Crippen LogP contribution in [-0.2, 0) is 20.9 Å². The van der Waals surface area contributed by atoms with Crippen LogP contribution in [0.15, 0.2) is 42.2 Å². The molecule has 0 saturated carbocycles. The zero-order valence-electron chi connectivity index (χ0n) is 13.5. The summed E-state index contributed by atoms with van der Waals surface area (Å²) in [6, 6.07) is 6.40. The largest absolute Gasteiger partial charge is 0.478 e. The minimum atomic E-state index is -1.22. The van der Waals surface area contributed by atoms with E-state index in [9.17, 15) is 14.0 Å². The predicted molar refractivity (Wildman–Crippen MR) is 86.9 cm³/mol. The first-order valence-corrected chi connectivity index (χ1v) is 7.49. The Hall–Kier alpha value is -2.83. The van der Waals surface area contributed by atoms with Crippen LogP contribution in [0, 0.1) is 5.82 Å². The summed E-state index contributed by atoms with van der Waals surface area (Å²) in [5, 5.41) is 9.82. The van der Waals surface area contributed by atoms with Crippen LogP contribution in [-0.4, -0.2) is 46.7 Å². The number of carbonyl (C=O) groups excluding carboxylic acids is 1. The van der Waals surface area contributed by atoms with Crippen LogP contribution in [0.2, 0.25) is 0 Å². The van der Waals surface area contributed by atoms with E-state index in [1.165, 1.54) is 17.0 Å². The Morgan fingerprint density at radius 2 is 2.12 bits per heavy atom. The molecule has 0 aliphatic carbocycles. The molecule has 0 amide bonds. The van der Waals surface area contributed by atoms with Crippen molar-refractivity contribution in [2.45, 2.75) is 13.5 Å². The van der Waals surface area contributed by atoms with Gasteiger partial charge in [0, 0.05) is 26.3 Å². The number of carboxylic acid groups (broad SMARTS) is 1. The van der Waals surface area contributed by atoms with Crippen molar-refractivity contribution in [1.82, 2.24) is 9.47 Å². The van der Waals surface area contributed by atoms with Gasteiger partial charge >= 0.3 is 11.9 Å². The van der Waals surface area contributed by atoms with Crippen molar-refractivity contribution in [2.24, 2.45) is 0 Å². The van der Waals surface area contributed by atoms with Crippen LogP contribution in [0.1, 0.15) is 6.92 Å². The second-order valence-corrected chi connectivity index (χ2v) is 5.22. The molecule has 0 saturated heterocycles. The van der Waals surface area contributed by atoms with Gasteiger partial charge in [-0.05, 0) is 36.6 Å². The van der Waals surface area contributed by atoms with Crippen molar-refractivity contribution in [3.8, 4) is 0 Å². The summed E-state index contributed by atoms with van der Waals surface area (Å²) in [6.45, 7) is 2.62. The van der Waals surface area contributed by atoms with Gasteiger partial charge in [0.1, 0.15) is 11.5 Å². The molecular formula is C17H19FN2O4. The molecule has 0 atom stereocenters. The average molecular weight is 334 g/mol. The van der Waals surface area contributed by atoms with E-state index in [0.29, 0.717) is 13.1 Å². The van der Waals surface area contributed by atoms with Gasteiger partial charge in [0.05, 0.1) is 18.2 Å². The SMILES string of the molecule is CCOC(=O)/C(=C/C(=O)O)N(C)CCn1ccc2ccc(F)cc21. The number of carboxylic acids is 1. The Morgan fingerprint density at radius 1 is 1.38 bits per heavy atom. The first-order valence-electron chi connectivity index (χ1n) is 7.49. The van der Waals surface area contributed by atoms with Gasteiger partial charge in [0.2, 0.25) is 0 Å². The molecule has 2 rings (SSSR count). The van der Waals surface area contributed by atoms with Gasteiger partial charge in [0.15, 0.2) is 0 Å². The Labute approximate surface area is 138 Å². The Morgan fingerprint density at radius 3 is 2.79 bits per heavy atom. The fraction of sp³-hybridized carbons (Fsp3) is 0.294. The van der Waals surface area contributed by atoms with Crippen molar-refractivity contribution < 1.29 is 23.8 Å². The summed E-state index contributed by atoms with van der Waals surface area (Å²) in [7, 11) is 1.61. The van der Waals surface area contributed by atoms with Crippen molar-refractivity contribution >= 4 is 22.8 Å². The molecule has 0 aliphatic rings. The molecule has 128 valence electrons. The third-order valence-corrected chi connectivity index (χ3v) is 3.57. The molecule has 1 aromatic carbocycles. The summed E-state index contributed by atoms with van der Waals surface area (Å²) in [4.78, 5) is 24.3. The second-order valence-electron chi connectivity index (χ2n) is 5.22. The maximum absolute atomic E-state index is 13.4. The number of carbonyl (C=O) groups is 2. The van der Waals surface area contributed by atoms with E-state index in [1.54, 1.807) is 20.0 Å². The number of ether oxygens (including phenoxy) is 1. The lowest BCUT2D eigenvalue weighted by atomic mass is 10.2. The Kier molecular flexibility index (Phi) is 5.57. The lowest BCUT2D eigenvalue weighted by molar-refractivity contribution is -0.141. The molecular weight excluding hydrogens is 315 g/mol. The number of rotatable bonds is 7. The summed E-state index contributed by atoms with van der Waals surface area (Å²) in [5.74, 6) is -2.24. The highest BCUT2D eigenvalue weighted by Crippen LogP contribution is 2.17. The second kappa shape index (κ2) is 7.63. The number of aliphatic carboxylic acids is 1. The molecule has 0 bridgehead atoms. The van der Waals surface area contributed by atoms with Gasteiger partial charge in [-0.15, -0.1) is 0 Å². The van der Waals surface area contributed by atoms with Gasteiger partial charge in [-0.25, -0.2) is 14.0 Å². The number of benzene rings is 1. The quantitative estimate of drug-likeness (QED) is 0.621. The van der Waals surface area contributed by atoms with Crippen LogP contribution >= 0.6 is 0 Å². The molecule has 24 heavy (non-hydrogen) atoms. The molecule has 0 radical (unpaired) electrons. The molecule has 1 heterocycles. The minimum Gasteiger partial charge on any atom is -0.478 e. The van der Waals surface area contributed by atoms with Gasteiger partial charge in [-0.2, -0.15) is 0 Å². The zero-order chi connectivity index (χ0) is 17.7. The molecule has 0 aliphatic heterocycles. The molecule has 2 aromatic rings. The normalized spacial score (nSPS) is 11.5. The van der Waals surface area contributed by atoms with Crippen molar-refractivity contribution in [1.29, 1.82) is 0 Å². The molecule has 1 aromatic heterocycles. The van der Waals surface area contributed by atoms with Crippen molar-refractivity contribution in [2.75, 3.05) is 20.2 Å². The maximum Gasteiger partial charge on any atom is 0.354 e. The lowest BCUT2D eigenvalue weighted by Crippen LogP contribution is -2.29. The first-order chi connectivity index (χ1) is 11.4. The Balaban J connectivity index is 2.14. The monoisotopic (exact) mass is 334 g/mol. The summed E-state index contributed by atoms with van der Waals surface area (Å²) in [6.07, 6.45) is 2.65. The average Bonchev–Trinajstić information content (AvgIpc) is 2.92. The Bertz CT molecular complexity index is 782. The molecule has 0 unspecified atom stereocenters. The number of nitrogens with zero attached hydrogens (tertiary/aromatic N) is 2. The van der Waals surface area contributed by atoms with Crippen molar-refractivity contribution in [3.63, 3.8) is 0 Å². The lowest BCUT2D eigenvalue weighted by Gasteiger charge is -2.21. The van der Waals surface area contributed by atoms with E-state index >= 15 is 0 Å². The molecule has 0 spiro atoms. The number of likely N-dealkylation sites (N-methyl/N-ethyl adjacent to an activating group) is 1. The maximum atomic E-state index is 13.4. The van der Waals surface area contributed by atoms with Gasteiger partial charge in [-0.1, -0.05) is 0 Å². The van der Waals surface area contributed by atoms with E-state index in [1.807, 2.05) is 16.8 Å². The van der Waals surface area contributed by atoms with Gasteiger partial charge < -0.3 is 19.3 Å². The van der Waals surface area contributed by atoms with Crippen molar-refractivity contribution in [3.05, 3.63) is 48.1 Å². The zero-order valence-corrected chi connectivity index (χ0v) is 13.5. The van der Waals surface area contributed by atoms with Crippen LogP contribution in [0.4, 0.5) is 4.39 Å². The number of aromatic nitrogens is 1. The van der Waals surface area contributed by atoms with Crippen LogP contribution in [0.5, 0.6) is 0 Å². The fourth-order valence-electron chi connectivity index (χ4n) is 2.38. The van der Waals surface area contributed by atoms with Crippen LogP contribution in [0.3, 0.4) is 0 Å². The highest BCUT2D eigenvalue weighted by molar-refractivity contribution is 5.95. The summed E-state index contributed by atoms with van der Waals surface area (Å²) >= 11 is 0. The number of esters is 1. The topological polar surface area (TPSA) is 71.8 Å². The number of fused-ring (bicyclic) bond motifs is 1. The van der Waals surface area contributed by atoms with Crippen LogP contribution < -0.4 is 0 Å². The summed E-state index contributed by atoms with van der Waals surface area (Å²) < 4.78 is 20.1. The van der Waals surface area contributed by atoms with Gasteiger partial charge in [-0.3, -0.25) is 0 Å². The van der Waals surface area contributed by atoms with E-state index in [-0.39, 0.29) is 18.1 Å². The molecule has 6 nitrogen and oxygen atoms in total. The van der Waals surface area contributed by atoms with E-state index in [2.05, 4.69) is 0 Å². The number of halogens is 1. The predicted octanol–water partition coefficient (Wildman–Crippen LogP) is 2.24. The number of hydrogen-bond acceptors (Lipinski definition) is 4. The van der Waals surface area contributed by atoms with E-state index in [4.69, 9.17) is 9.84 Å². The highest BCUT2D eigenvalue weighted by atomic mass is 19.1. The summed E-state index contributed by atoms with van der Waals surface area (Å²) in [5.41, 5.74) is 0.704. The highest BCUT2D eigenvalue weighted by Gasteiger charge is 2.17. The van der Waals surface area contributed by atoms with Gasteiger partial charge in [0.25, 0.3) is 0 Å². The fourth-order valence-corrected chi connectivity index (χ4v) is 2.38. The van der Waals surface area contributed by atoms with Crippen LogP contribution in [0.25, 0.3) is 10.9 Å². The molecule has 0 fully saturated rings. The third kappa shape index (κ3) is 4.13. The first kappa shape index (κ1) is 17.5.